The van der Waals surface area contributed by atoms with Gasteiger partial charge in [0.1, 0.15) is 0 Å². The normalized spacial score (nSPS) is 29.9. The number of rotatable bonds is 3. The van der Waals surface area contributed by atoms with Crippen molar-refractivity contribution in [1.29, 1.82) is 0 Å². The second kappa shape index (κ2) is 4.84. The van der Waals surface area contributed by atoms with Gasteiger partial charge in [0.2, 0.25) is 10.0 Å². The summed E-state index contributed by atoms with van der Waals surface area (Å²) >= 11 is 0. The van der Waals surface area contributed by atoms with Gasteiger partial charge in [-0.3, -0.25) is 0 Å². The van der Waals surface area contributed by atoms with E-state index in [2.05, 4.69) is 0 Å². The van der Waals surface area contributed by atoms with Crippen molar-refractivity contribution in [2.45, 2.75) is 25.4 Å². The van der Waals surface area contributed by atoms with Crippen LogP contribution in [0.25, 0.3) is 0 Å². The van der Waals surface area contributed by atoms with Crippen LogP contribution < -0.4 is 0 Å². The van der Waals surface area contributed by atoms with Crippen LogP contribution in [0.1, 0.15) is 19.3 Å². The Morgan fingerprint density at radius 3 is 2.59 bits per heavy atom. The smallest absolute Gasteiger partial charge is 0.211 e. The van der Waals surface area contributed by atoms with Crippen LogP contribution in [0.3, 0.4) is 0 Å². The number of ether oxygens (including phenoxy) is 2. The van der Waals surface area contributed by atoms with Crippen LogP contribution in [-0.4, -0.2) is 58.5 Å². The Kier molecular flexibility index (Phi) is 3.77. The van der Waals surface area contributed by atoms with Gasteiger partial charge in [0, 0.05) is 20.2 Å². The van der Waals surface area contributed by atoms with E-state index in [0.29, 0.717) is 19.7 Å². The number of sulfonamides is 1. The van der Waals surface area contributed by atoms with Crippen LogP contribution in [-0.2, 0) is 19.5 Å². The highest BCUT2D eigenvalue weighted by Gasteiger charge is 2.43. The van der Waals surface area contributed by atoms with Crippen molar-refractivity contribution >= 4 is 10.0 Å². The second-order valence-corrected chi connectivity index (χ2v) is 7.24. The summed E-state index contributed by atoms with van der Waals surface area (Å²) in [6.45, 7) is 2.64. The van der Waals surface area contributed by atoms with Gasteiger partial charge < -0.3 is 9.47 Å². The van der Waals surface area contributed by atoms with E-state index in [1.54, 1.807) is 11.4 Å². The van der Waals surface area contributed by atoms with Gasteiger partial charge in [-0.2, -0.15) is 0 Å². The number of hydrogen-bond acceptors (Lipinski definition) is 4. The predicted octanol–water partition coefficient (Wildman–Crippen LogP) is 0.464. The number of hydrogen-bond donors (Lipinski definition) is 0. The summed E-state index contributed by atoms with van der Waals surface area (Å²) in [4.78, 5) is 0. The summed E-state index contributed by atoms with van der Waals surface area (Å²) in [6.07, 6.45) is 4.27. The summed E-state index contributed by atoms with van der Waals surface area (Å²) in [6, 6.07) is 0. The molecule has 0 N–H and O–H groups in total. The highest BCUT2D eigenvalue weighted by atomic mass is 32.2. The SMILES string of the molecule is COCC1CC2(CCN(S(C)(=O)=O)CC2)CO1. The first kappa shape index (κ1) is 13.3. The zero-order valence-electron chi connectivity index (χ0n) is 10.5. The molecule has 1 unspecified atom stereocenters. The highest BCUT2D eigenvalue weighted by molar-refractivity contribution is 7.88. The molecular formula is C11H21NO4S. The molecule has 2 heterocycles. The van der Waals surface area contributed by atoms with E-state index in [-0.39, 0.29) is 11.5 Å². The first-order valence-corrected chi connectivity index (χ1v) is 7.86. The van der Waals surface area contributed by atoms with Gasteiger partial charge in [0.25, 0.3) is 0 Å². The molecule has 2 aliphatic heterocycles. The van der Waals surface area contributed by atoms with Gasteiger partial charge in [-0.15, -0.1) is 0 Å². The lowest BCUT2D eigenvalue weighted by Crippen LogP contribution is -2.43. The molecule has 0 aliphatic carbocycles. The molecule has 0 radical (unpaired) electrons. The van der Waals surface area contributed by atoms with Crippen molar-refractivity contribution in [3.63, 3.8) is 0 Å². The topological polar surface area (TPSA) is 55.8 Å². The maximum absolute atomic E-state index is 11.4. The van der Waals surface area contributed by atoms with Gasteiger partial charge >= 0.3 is 0 Å². The van der Waals surface area contributed by atoms with E-state index in [1.807, 2.05) is 0 Å². The van der Waals surface area contributed by atoms with Gasteiger partial charge in [-0.1, -0.05) is 0 Å². The Morgan fingerprint density at radius 2 is 2.06 bits per heavy atom. The quantitative estimate of drug-likeness (QED) is 0.742. The summed E-state index contributed by atoms with van der Waals surface area (Å²) in [5.41, 5.74) is 0.185. The average molecular weight is 263 g/mol. The number of piperidine rings is 1. The molecule has 2 fully saturated rings. The van der Waals surface area contributed by atoms with Crippen LogP contribution in [0.15, 0.2) is 0 Å². The van der Waals surface area contributed by atoms with E-state index in [9.17, 15) is 8.42 Å². The molecule has 100 valence electrons. The maximum atomic E-state index is 11.4. The average Bonchev–Trinajstić information content (AvgIpc) is 2.61. The molecule has 0 bridgehead atoms. The first-order chi connectivity index (χ1) is 7.95. The Morgan fingerprint density at radius 1 is 1.41 bits per heavy atom. The largest absolute Gasteiger partial charge is 0.382 e. The molecule has 6 heteroatoms. The molecule has 17 heavy (non-hydrogen) atoms. The highest BCUT2D eigenvalue weighted by Crippen LogP contribution is 2.42. The Labute approximate surface area is 103 Å². The van der Waals surface area contributed by atoms with Crippen LogP contribution in [0, 0.1) is 5.41 Å². The minimum atomic E-state index is -3.03. The summed E-state index contributed by atoms with van der Waals surface area (Å²) in [5, 5.41) is 0. The molecule has 1 spiro atoms. The lowest BCUT2D eigenvalue weighted by molar-refractivity contribution is 0.0312. The molecule has 0 saturated carbocycles. The lowest BCUT2D eigenvalue weighted by Gasteiger charge is -2.37. The summed E-state index contributed by atoms with van der Waals surface area (Å²) < 4.78 is 35.3. The Balaban J connectivity index is 1.91. The van der Waals surface area contributed by atoms with Crippen molar-refractivity contribution in [2.24, 2.45) is 5.41 Å². The molecule has 1 atom stereocenters. The van der Waals surface area contributed by atoms with Crippen molar-refractivity contribution in [3.05, 3.63) is 0 Å². The fourth-order valence-electron chi connectivity index (χ4n) is 2.83. The standard InChI is InChI=1S/C11H21NO4S/c1-15-8-10-7-11(9-16-10)3-5-12(6-4-11)17(2,13)14/h10H,3-9H2,1-2H3. The van der Waals surface area contributed by atoms with Crippen LogP contribution in [0.5, 0.6) is 0 Å². The molecule has 2 rings (SSSR count). The third-order valence-corrected chi connectivity index (χ3v) is 5.19. The van der Waals surface area contributed by atoms with Crippen molar-refractivity contribution in [1.82, 2.24) is 4.31 Å². The molecule has 2 saturated heterocycles. The third-order valence-electron chi connectivity index (χ3n) is 3.89. The fourth-order valence-corrected chi connectivity index (χ4v) is 3.67. The second-order valence-electron chi connectivity index (χ2n) is 5.25. The fraction of sp³-hybridized carbons (Fsp3) is 1.00. The molecule has 0 amide bonds. The number of nitrogens with zero attached hydrogens (tertiary/aromatic N) is 1. The zero-order valence-corrected chi connectivity index (χ0v) is 11.3. The zero-order chi connectivity index (χ0) is 12.5. The van der Waals surface area contributed by atoms with Gasteiger partial charge in [-0.25, -0.2) is 12.7 Å². The van der Waals surface area contributed by atoms with Crippen LogP contribution >= 0.6 is 0 Å². The summed E-state index contributed by atoms with van der Waals surface area (Å²) in [7, 11) is -1.35. The van der Waals surface area contributed by atoms with E-state index < -0.39 is 10.0 Å². The van der Waals surface area contributed by atoms with E-state index >= 15 is 0 Å². The monoisotopic (exact) mass is 263 g/mol. The molecule has 0 aromatic carbocycles. The van der Waals surface area contributed by atoms with E-state index in [1.165, 1.54) is 6.26 Å². The van der Waals surface area contributed by atoms with E-state index in [4.69, 9.17) is 9.47 Å². The van der Waals surface area contributed by atoms with Crippen molar-refractivity contribution < 1.29 is 17.9 Å². The molecule has 0 aromatic rings. The summed E-state index contributed by atoms with van der Waals surface area (Å²) in [5.74, 6) is 0. The van der Waals surface area contributed by atoms with Crippen LogP contribution in [0.4, 0.5) is 0 Å². The van der Waals surface area contributed by atoms with Gasteiger partial charge in [-0.05, 0) is 24.7 Å². The third kappa shape index (κ3) is 2.99. The molecule has 5 nitrogen and oxygen atoms in total. The van der Waals surface area contributed by atoms with Crippen molar-refractivity contribution in [2.75, 3.05) is 39.7 Å². The maximum Gasteiger partial charge on any atom is 0.211 e. The van der Waals surface area contributed by atoms with Crippen molar-refractivity contribution in [3.8, 4) is 0 Å². The molecule has 2 aliphatic rings. The minimum Gasteiger partial charge on any atom is -0.382 e. The minimum absolute atomic E-state index is 0.185. The first-order valence-electron chi connectivity index (χ1n) is 6.01. The Hall–Kier alpha value is -0.170. The predicted molar refractivity (Wildman–Crippen MR) is 64.3 cm³/mol. The van der Waals surface area contributed by atoms with Gasteiger partial charge in [0.15, 0.2) is 0 Å². The molecular weight excluding hydrogens is 242 g/mol. The molecule has 0 aromatic heterocycles. The Bertz CT molecular complexity index is 360. The number of methoxy groups -OCH3 is 1. The van der Waals surface area contributed by atoms with E-state index in [0.717, 1.165) is 25.9 Å². The lowest BCUT2D eigenvalue weighted by atomic mass is 9.77. The van der Waals surface area contributed by atoms with Crippen LogP contribution in [0.2, 0.25) is 0 Å². The van der Waals surface area contributed by atoms with Gasteiger partial charge in [0.05, 0.1) is 25.6 Å².